The van der Waals surface area contributed by atoms with Crippen molar-refractivity contribution in [3.8, 4) is 5.75 Å². The van der Waals surface area contributed by atoms with Crippen LogP contribution in [-0.2, 0) is 19.5 Å². The first-order valence-corrected chi connectivity index (χ1v) is 8.66. The molecule has 0 aliphatic rings. The number of rotatable bonds is 9. The van der Waals surface area contributed by atoms with Crippen LogP contribution in [0.3, 0.4) is 0 Å². The van der Waals surface area contributed by atoms with Crippen LogP contribution < -0.4 is 15.4 Å². The minimum Gasteiger partial charge on any atom is -0.434 e. The lowest BCUT2D eigenvalue weighted by Gasteiger charge is -2.13. The number of aliphatic imine (C=N–C) groups is 1. The molecule has 0 atom stereocenters. The van der Waals surface area contributed by atoms with Gasteiger partial charge in [-0.2, -0.15) is 8.78 Å². The van der Waals surface area contributed by atoms with Crippen molar-refractivity contribution in [1.82, 2.24) is 25.4 Å². The number of hydrogen-bond acceptors (Lipinski definition) is 4. The molecule has 0 saturated carbocycles. The summed E-state index contributed by atoms with van der Waals surface area (Å²) in [5, 5.41) is 14.0. The molecule has 0 spiro atoms. The van der Waals surface area contributed by atoms with E-state index in [4.69, 9.17) is 0 Å². The fourth-order valence-electron chi connectivity index (χ4n) is 2.43. The predicted molar refractivity (Wildman–Crippen MR) is 95.3 cm³/mol. The van der Waals surface area contributed by atoms with Crippen LogP contribution >= 0.6 is 0 Å². The average Bonchev–Trinajstić information content (AvgIpc) is 3.08. The van der Waals surface area contributed by atoms with Crippen LogP contribution in [-0.4, -0.2) is 40.4 Å². The molecule has 1 aromatic heterocycles. The number of guanidine groups is 1. The van der Waals surface area contributed by atoms with Gasteiger partial charge in [-0.3, -0.25) is 0 Å². The van der Waals surface area contributed by atoms with E-state index in [1.54, 1.807) is 6.33 Å². The van der Waals surface area contributed by atoms with Gasteiger partial charge in [0.2, 0.25) is 0 Å². The van der Waals surface area contributed by atoms with Gasteiger partial charge in [0.25, 0.3) is 0 Å². The maximum atomic E-state index is 14.0. The fourth-order valence-corrected chi connectivity index (χ4v) is 2.43. The van der Waals surface area contributed by atoms with Gasteiger partial charge in [-0.1, -0.05) is 13.0 Å². The first-order chi connectivity index (χ1) is 13.0. The van der Waals surface area contributed by atoms with Gasteiger partial charge < -0.3 is 19.9 Å². The van der Waals surface area contributed by atoms with Gasteiger partial charge in [0.05, 0.1) is 12.1 Å². The molecule has 27 heavy (non-hydrogen) atoms. The topological polar surface area (TPSA) is 76.4 Å². The van der Waals surface area contributed by atoms with Crippen LogP contribution in [0.4, 0.5) is 13.2 Å². The van der Waals surface area contributed by atoms with E-state index < -0.39 is 12.4 Å². The van der Waals surface area contributed by atoms with Crippen molar-refractivity contribution < 1.29 is 17.9 Å². The van der Waals surface area contributed by atoms with Crippen LogP contribution in [0.25, 0.3) is 0 Å². The number of alkyl halides is 2. The standard InChI is InChI=1S/C17H23F3N6O/c1-3-15-25-24-11-26(15)9-8-22-17(21-4-2)23-10-12-13(18)6-5-7-14(12)27-16(19)20/h5-7,11,16H,3-4,8-10H2,1-2H3,(H2,21,22,23). The second-order valence-electron chi connectivity index (χ2n) is 5.51. The Hall–Kier alpha value is -2.78. The third-order valence-corrected chi connectivity index (χ3v) is 3.69. The van der Waals surface area contributed by atoms with Crippen LogP contribution in [0.15, 0.2) is 29.5 Å². The predicted octanol–water partition coefficient (Wildman–Crippen LogP) is 2.34. The van der Waals surface area contributed by atoms with Gasteiger partial charge in [0.1, 0.15) is 23.7 Å². The monoisotopic (exact) mass is 384 g/mol. The van der Waals surface area contributed by atoms with E-state index in [9.17, 15) is 13.2 Å². The van der Waals surface area contributed by atoms with E-state index >= 15 is 0 Å². The molecule has 10 heteroatoms. The summed E-state index contributed by atoms with van der Waals surface area (Å²) in [6.07, 6.45) is 2.42. The Bertz CT molecular complexity index is 750. The number of nitrogens with zero attached hydrogens (tertiary/aromatic N) is 4. The van der Waals surface area contributed by atoms with Crippen molar-refractivity contribution >= 4 is 5.96 Å². The molecule has 2 N–H and O–H groups in total. The number of benzene rings is 1. The lowest BCUT2D eigenvalue weighted by molar-refractivity contribution is -0.0506. The molecule has 0 aliphatic carbocycles. The molecule has 1 aromatic carbocycles. The molecular weight excluding hydrogens is 361 g/mol. The van der Waals surface area contributed by atoms with Crippen molar-refractivity contribution in [2.24, 2.45) is 4.99 Å². The highest BCUT2D eigenvalue weighted by molar-refractivity contribution is 5.79. The molecule has 148 valence electrons. The minimum atomic E-state index is -3.03. The Morgan fingerprint density at radius 3 is 2.81 bits per heavy atom. The molecule has 2 aromatic rings. The van der Waals surface area contributed by atoms with Gasteiger partial charge in [0.15, 0.2) is 5.96 Å². The highest BCUT2D eigenvalue weighted by Gasteiger charge is 2.13. The summed E-state index contributed by atoms with van der Waals surface area (Å²) >= 11 is 0. The van der Waals surface area contributed by atoms with E-state index in [2.05, 4.69) is 30.6 Å². The van der Waals surface area contributed by atoms with Gasteiger partial charge in [-0.15, -0.1) is 10.2 Å². The largest absolute Gasteiger partial charge is 0.434 e. The third kappa shape index (κ3) is 6.15. The summed E-state index contributed by atoms with van der Waals surface area (Å²) < 4.78 is 45.3. The van der Waals surface area contributed by atoms with Crippen molar-refractivity contribution in [3.05, 3.63) is 41.7 Å². The van der Waals surface area contributed by atoms with E-state index in [1.807, 2.05) is 18.4 Å². The summed E-state index contributed by atoms with van der Waals surface area (Å²) in [6, 6.07) is 3.79. The molecule has 0 amide bonds. The highest BCUT2D eigenvalue weighted by atomic mass is 19.3. The zero-order valence-electron chi connectivity index (χ0n) is 15.3. The molecule has 2 rings (SSSR count). The number of aromatic nitrogens is 3. The van der Waals surface area contributed by atoms with E-state index in [0.29, 0.717) is 25.6 Å². The molecule has 0 aliphatic heterocycles. The van der Waals surface area contributed by atoms with Crippen LogP contribution in [0.1, 0.15) is 25.2 Å². The second-order valence-corrected chi connectivity index (χ2v) is 5.51. The van der Waals surface area contributed by atoms with E-state index in [-0.39, 0.29) is 17.9 Å². The van der Waals surface area contributed by atoms with Gasteiger partial charge in [-0.05, 0) is 19.1 Å². The van der Waals surface area contributed by atoms with Crippen molar-refractivity contribution in [2.75, 3.05) is 13.1 Å². The molecule has 7 nitrogen and oxygen atoms in total. The number of ether oxygens (including phenoxy) is 1. The summed E-state index contributed by atoms with van der Waals surface area (Å²) in [5.74, 6) is 0.445. The first-order valence-electron chi connectivity index (χ1n) is 8.66. The Morgan fingerprint density at radius 1 is 1.30 bits per heavy atom. The molecule has 0 unspecified atom stereocenters. The van der Waals surface area contributed by atoms with Crippen LogP contribution in [0.2, 0.25) is 0 Å². The quantitative estimate of drug-likeness (QED) is 0.513. The first kappa shape index (κ1) is 20.5. The Balaban J connectivity index is 2.03. The fraction of sp³-hybridized carbons (Fsp3) is 0.471. The highest BCUT2D eigenvalue weighted by Crippen LogP contribution is 2.24. The maximum absolute atomic E-state index is 14.0. The van der Waals surface area contributed by atoms with Gasteiger partial charge in [-0.25, -0.2) is 9.38 Å². The summed E-state index contributed by atoms with van der Waals surface area (Å²) in [5.41, 5.74) is -0.0259. The summed E-state index contributed by atoms with van der Waals surface area (Å²) in [4.78, 5) is 4.26. The SMILES string of the molecule is CCNC(=NCc1c(F)cccc1OC(F)F)NCCn1cnnc1CC. The van der Waals surface area contributed by atoms with Crippen LogP contribution in [0.5, 0.6) is 5.75 Å². The Kier molecular flexibility index (Phi) is 7.90. The van der Waals surface area contributed by atoms with Crippen molar-refractivity contribution in [1.29, 1.82) is 0 Å². The zero-order valence-corrected chi connectivity index (χ0v) is 15.3. The Labute approximate surface area is 155 Å². The number of nitrogens with one attached hydrogen (secondary N) is 2. The molecule has 0 radical (unpaired) electrons. The van der Waals surface area contributed by atoms with Gasteiger partial charge in [0, 0.05) is 26.1 Å². The lowest BCUT2D eigenvalue weighted by Crippen LogP contribution is -2.39. The van der Waals surface area contributed by atoms with Crippen LogP contribution in [0, 0.1) is 5.82 Å². The normalized spacial score (nSPS) is 11.7. The number of aryl methyl sites for hydroxylation is 1. The van der Waals surface area contributed by atoms with E-state index in [0.717, 1.165) is 12.2 Å². The molecule has 1 heterocycles. The van der Waals surface area contributed by atoms with Crippen molar-refractivity contribution in [2.45, 2.75) is 40.0 Å². The maximum Gasteiger partial charge on any atom is 0.387 e. The average molecular weight is 384 g/mol. The second kappa shape index (κ2) is 10.4. The third-order valence-electron chi connectivity index (χ3n) is 3.69. The zero-order chi connectivity index (χ0) is 19.6. The lowest BCUT2D eigenvalue weighted by atomic mass is 10.2. The smallest absolute Gasteiger partial charge is 0.387 e. The van der Waals surface area contributed by atoms with Gasteiger partial charge >= 0.3 is 6.61 Å². The molecule has 0 bridgehead atoms. The molecular formula is C17H23F3N6O. The molecule has 0 fully saturated rings. The number of hydrogen-bond donors (Lipinski definition) is 2. The Morgan fingerprint density at radius 2 is 2.11 bits per heavy atom. The summed E-state index contributed by atoms with van der Waals surface area (Å²) in [7, 11) is 0. The summed E-state index contributed by atoms with van der Waals surface area (Å²) in [6.45, 7) is 2.47. The van der Waals surface area contributed by atoms with E-state index in [1.165, 1.54) is 18.2 Å². The van der Waals surface area contributed by atoms with Crippen molar-refractivity contribution in [3.63, 3.8) is 0 Å². The number of halogens is 3. The molecule has 0 saturated heterocycles. The minimum absolute atomic E-state index is 0.0259.